The molecule has 0 aliphatic carbocycles. The molecule has 1 aliphatic heterocycles. The van der Waals surface area contributed by atoms with Crippen LogP contribution in [0.4, 0.5) is 0 Å². The molecule has 0 saturated heterocycles. The molecule has 1 unspecified atom stereocenters. The average Bonchev–Trinajstić information content (AvgIpc) is 2.82. The van der Waals surface area contributed by atoms with Gasteiger partial charge in [0.15, 0.2) is 0 Å². The zero-order valence-corrected chi connectivity index (χ0v) is 11.7. The molecule has 1 atom stereocenters. The number of nitrogens with zero attached hydrogens (tertiary/aromatic N) is 1. The van der Waals surface area contributed by atoms with Crippen molar-refractivity contribution in [2.75, 3.05) is 20.2 Å². The molecule has 0 fully saturated rings. The van der Waals surface area contributed by atoms with Crippen LogP contribution in [0.2, 0.25) is 0 Å². The largest absolute Gasteiger partial charge is 0.465 e. The SMILES string of the molecule is CCOC(=O)C(CCN1Cc2ccccc2C1)NC. The molecule has 2 rings (SSSR count). The zero-order chi connectivity index (χ0) is 13.7. The highest BCUT2D eigenvalue weighted by molar-refractivity contribution is 5.75. The molecule has 1 N–H and O–H groups in total. The van der Waals surface area contributed by atoms with Crippen molar-refractivity contribution in [2.24, 2.45) is 0 Å². The molecule has 0 aromatic heterocycles. The first-order valence-electron chi connectivity index (χ1n) is 6.87. The molecule has 0 amide bonds. The van der Waals surface area contributed by atoms with Crippen LogP contribution in [0.3, 0.4) is 0 Å². The third-order valence-electron chi connectivity index (χ3n) is 3.56. The first-order valence-corrected chi connectivity index (χ1v) is 6.87. The van der Waals surface area contributed by atoms with E-state index in [-0.39, 0.29) is 12.0 Å². The van der Waals surface area contributed by atoms with Crippen molar-refractivity contribution < 1.29 is 9.53 Å². The molecule has 1 aromatic carbocycles. The fourth-order valence-electron chi connectivity index (χ4n) is 2.50. The van der Waals surface area contributed by atoms with Gasteiger partial charge < -0.3 is 10.1 Å². The number of carbonyl (C=O) groups is 1. The Balaban J connectivity index is 1.82. The van der Waals surface area contributed by atoms with Gasteiger partial charge in [-0.05, 0) is 31.5 Å². The predicted octanol–water partition coefficient (Wildman–Crippen LogP) is 1.54. The number of fused-ring (bicyclic) bond motifs is 1. The predicted molar refractivity (Wildman–Crippen MR) is 74.7 cm³/mol. The molecule has 104 valence electrons. The summed E-state index contributed by atoms with van der Waals surface area (Å²) in [5, 5.41) is 3.03. The summed E-state index contributed by atoms with van der Waals surface area (Å²) in [7, 11) is 1.81. The van der Waals surface area contributed by atoms with Crippen molar-refractivity contribution in [3.05, 3.63) is 35.4 Å². The van der Waals surface area contributed by atoms with Gasteiger partial charge in [0.05, 0.1) is 6.61 Å². The highest BCUT2D eigenvalue weighted by atomic mass is 16.5. The number of benzene rings is 1. The molecule has 4 heteroatoms. The van der Waals surface area contributed by atoms with Crippen molar-refractivity contribution in [2.45, 2.75) is 32.5 Å². The van der Waals surface area contributed by atoms with Crippen LogP contribution < -0.4 is 5.32 Å². The van der Waals surface area contributed by atoms with Crippen LogP contribution in [0.1, 0.15) is 24.5 Å². The van der Waals surface area contributed by atoms with Crippen LogP contribution in [0.15, 0.2) is 24.3 Å². The lowest BCUT2D eigenvalue weighted by molar-refractivity contribution is -0.145. The summed E-state index contributed by atoms with van der Waals surface area (Å²) in [5.41, 5.74) is 2.80. The van der Waals surface area contributed by atoms with Crippen LogP contribution in [-0.2, 0) is 22.6 Å². The van der Waals surface area contributed by atoms with E-state index in [4.69, 9.17) is 4.74 Å². The minimum atomic E-state index is -0.205. The van der Waals surface area contributed by atoms with Crippen LogP contribution in [0, 0.1) is 0 Å². The summed E-state index contributed by atoms with van der Waals surface area (Å²) in [6.07, 6.45) is 0.781. The molecule has 1 aliphatic rings. The second-order valence-corrected chi connectivity index (χ2v) is 4.86. The summed E-state index contributed by atoms with van der Waals surface area (Å²) >= 11 is 0. The van der Waals surface area contributed by atoms with Crippen molar-refractivity contribution in [3.63, 3.8) is 0 Å². The van der Waals surface area contributed by atoms with Crippen molar-refractivity contribution in [3.8, 4) is 0 Å². The minimum Gasteiger partial charge on any atom is -0.465 e. The van der Waals surface area contributed by atoms with E-state index >= 15 is 0 Å². The quantitative estimate of drug-likeness (QED) is 0.790. The van der Waals surface area contributed by atoms with Gasteiger partial charge in [0.2, 0.25) is 0 Å². The van der Waals surface area contributed by atoms with E-state index < -0.39 is 0 Å². The topological polar surface area (TPSA) is 41.6 Å². The summed E-state index contributed by atoms with van der Waals surface area (Å²) < 4.78 is 5.05. The standard InChI is InChI=1S/C15H22N2O2/c1-3-19-15(18)14(16-2)8-9-17-10-12-6-4-5-7-13(12)11-17/h4-7,14,16H,3,8-11H2,1-2H3. The summed E-state index contributed by atoms with van der Waals surface area (Å²) in [5.74, 6) is -0.151. The maximum absolute atomic E-state index is 11.7. The smallest absolute Gasteiger partial charge is 0.323 e. The molecule has 0 bridgehead atoms. The fraction of sp³-hybridized carbons (Fsp3) is 0.533. The van der Waals surface area contributed by atoms with E-state index in [2.05, 4.69) is 34.5 Å². The number of likely N-dealkylation sites (N-methyl/N-ethyl adjacent to an activating group) is 1. The molecule has 1 aromatic rings. The Morgan fingerprint density at radius 1 is 1.37 bits per heavy atom. The Morgan fingerprint density at radius 2 is 2.00 bits per heavy atom. The first kappa shape index (κ1) is 14.0. The zero-order valence-electron chi connectivity index (χ0n) is 11.7. The second kappa shape index (κ2) is 6.68. The van der Waals surface area contributed by atoms with E-state index in [1.807, 2.05) is 6.92 Å². The lowest BCUT2D eigenvalue weighted by Gasteiger charge is -2.19. The monoisotopic (exact) mass is 262 g/mol. The number of rotatable bonds is 6. The average molecular weight is 262 g/mol. The van der Waals surface area contributed by atoms with Gasteiger partial charge in [-0.3, -0.25) is 9.69 Å². The highest BCUT2D eigenvalue weighted by Crippen LogP contribution is 2.22. The summed E-state index contributed by atoms with van der Waals surface area (Å²) in [6.45, 7) is 5.14. The maximum atomic E-state index is 11.7. The Hall–Kier alpha value is -1.39. The number of hydrogen-bond donors (Lipinski definition) is 1. The second-order valence-electron chi connectivity index (χ2n) is 4.86. The molecule has 1 heterocycles. The molecular formula is C15H22N2O2. The van der Waals surface area contributed by atoms with Gasteiger partial charge in [0.1, 0.15) is 6.04 Å². The van der Waals surface area contributed by atoms with E-state index in [1.165, 1.54) is 11.1 Å². The number of esters is 1. The van der Waals surface area contributed by atoms with E-state index in [9.17, 15) is 4.79 Å². The Bertz CT molecular complexity index is 409. The maximum Gasteiger partial charge on any atom is 0.323 e. The van der Waals surface area contributed by atoms with E-state index in [0.29, 0.717) is 6.61 Å². The van der Waals surface area contributed by atoms with Crippen LogP contribution in [0.5, 0.6) is 0 Å². The van der Waals surface area contributed by atoms with Gasteiger partial charge in [0.25, 0.3) is 0 Å². The molecule has 19 heavy (non-hydrogen) atoms. The third kappa shape index (κ3) is 3.55. The van der Waals surface area contributed by atoms with Gasteiger partial charge in [-0.2, -0.15) is 0 Å². The van der Waals surface area contributed by atoms with Crippen LogP contribution in [-0.4, -0.2) is 37.1 Å². The molecule has 0 saturated carbocycles. The van der Waals surface area contributed by atoms with Gasteiger partial charge in [0, 0.05) is 19.6 Å². The van der Waals surface area contributed by atoms with Gasteiger partial charge >= 0.3 is 5.97 Å². The molecule has 0 radical (unpaired) electrons. The van der Waals surface area contributed by atoms with Crippen molar-refractivity contribution >= 4 is 5.97 Å². The van der Waals surface area contributed by atoms with Crippen molar-refractivity contribution in [1.29, 1.82) is 0 Å². The third-order valence-corrected chi connectivity index (χ3v) is 3.56. The van der Waals surface area contributed by atoms with Gasteiger partial charge in [-0.15, -0.1) is 0 Å². The number of nitrogens with one attached hydrogen (secondary N) is 1. The van der Waals surface area contributed by atoms with Crippen LogP contribution >= 0.6 is 0 Å². The lowest BCUT2D eigenvalue weighted by atomic mass is 10.1. The Kier molecular flexibility index (Phi) is 4.93. The first-order chi connectivity index (χ1) is 9.24. The highest BCUT2D eigenvalue weighted by Gasteiger charge is 2.22. The Labute approximate surface area is 114 Å². The van der Waals surface area contributed by atoms with Gasteiger partial charge in [-0.25, -0.2) is 0 Å². The fourth-order valence-corrected chi connectivity index (χ4v) is 2.50. The van der Waals surface area contributed by atoms with E-state index in [1.54, 1.807) is 7.05 Å². The molecular weight excluding hydrogens is 240 g/mol. The summed E-state index contributed by atoms with van der Waals surface area (Å²) in [6, 6.07) is 8.31. The minimum absolute atomic E-state index is 0.151. The normalized spacial score (nSPS) is 16.1. The van der Waals surface area contributed by atoms with Crippen molar-refractivity contribution in [1.82, 2.24) is 10.2 Å². The number of ether oxygens (including phenoxy) is 1. The van der Waals surface area contributed by atoms with E-state index in [0.717, 1.165) is 26.1 Å². The number of carbonyl (C=O) groups excluding carboxylic acids is 1. The van der Waals surface area contributed by atoms with Crippen LogP contribution in [0.25, 0.3) is 0 Å². The molecule has 4 nitrogen and oxygen atoms in total. The van der Waals surface area contributed by atoms with Gasteiger partial charge in [-0.1, -0.05) is 24.3 Å². The molecule has 0 spiro atoms. The summed E-state index contributed by atoms with van der Waals surface area (Å²) in [4.78, 5) is 14.1. The Morgan fingerprint density at radius 3 is 2.53 bits per heavy atom. The lowest BCUT2D eigenvalue weighted by Crippen LogP contribution is -2.38. The number of hydrogen-bond acceptors (Lipinski definition) is 4.